The third-order valence-electron chi connectivity index (χ3n) is 4.54. The van der Waals surface area contributed by atoms with Crippen LogP contribution in [0.4, 0.5) is 0 Å². The summed E-state index contributed by atoms with van der Waals surface area (Å²) in [6.07, 6.45) is 3.61. The van der Waals surface area contributed by atoms with Crippen molar-refractivity contribution < 1.29 is 0 Å². The zero-order chi connectivity index (χ0) is 16.6. The van der Waals surface area contributed by atoms with E-state index in [0.717, 1.165) is 19.4 Å². The lowest BCUT2D eigenvalue weighted by Gasteiger charge is -2.25. The molecule has 6 heteroatoms. The fraction of sp³-hybridized carbons (Fsp3) is 0.412. The SMILES string of the molecule is Cc1ccc([C@@H]2CCCN2Cn2ncc(Cl)c(Cl)c2=O)cc1C. The van der Waals surface area contributed by atoms with Gasteiger partial charge < -0.3 is 0 Å². The molecule has 122 valence electrons. The van der Waals surface area contributed by atoms with Crippen molar-refractivity contribution in [1.29, 1.82) is 0 Å². The van der Waals surface area contributed by atoms with E-state index in [9.17, 15) is 4.79 Å². The van der Waals surface area contributed by atoms with Crippen LogP contribution in [-0.2, 0) is 6.67 Å². The van der Waals surface area contributed by atoms with Gasteiger partial charge in [-0.1, -0.05) is 41.4 Å². The second-order valence-electron chi connectivity index (χ2n) is 6.07. The molecule has 1 fully saturated rings. The lowest BCUT2D eigenvalue weighted by Crippen LogP contribution is -2.33. The number of aryl methyl sites for hydroxylation is 2. The fourth-order valence-electron chi connectivity index (χ4n) is 3.06. The summed E-state index contributed by atoms with van der Waals surface area (Å²) in [6.45, 7) is 5.60. The summed E-state index contributed by atoms with van der Waals surface area (Å²) in [7, 11) is 0. The second-order valence-corrected chi connectivity index (χ2v) is 6.85. The Morgan fingerprint density at radius 1 is 1.26 bits per heavy atom. The normalized spacial score (nSPS) is 18.5. The molecule has 1 aliphatic rings. The van der Waals surface area contributed by atoms with Gasteiger partial charge >= 0.3 is 0 Å². The third kappa shape index (κ3) is 3.30. The van der Waals surface area contributed by atoms with Crippen molar-refractivity contribution in [2.45, 2.75) is 39.4 Å². The topological polar surface area (TPSA) is 38.1 Å². The monoisotopic (exact) mass is 351 g/mol. The van der Waals surface area contributed by atoms with Crippen LogP contribution in [0.15, 0.2) is 29.2 Å². The van der Waals surface area contributed by atoms with Crippen LogP contribution in [0.5, 0.6) is 0 Å². The smallest absolute Gasteiger partial charge is 0.277 e. The molecule has 0 aliphatic carbocycles. The van der Waals surface area contributed by atoms with Crippen molar-refractivity contribution in [1.82, 2.24) is 14.7 Å². The zero-order valence-electron chi connectivity index (χ0n) is 13.2. The largest absolute Gasteiger partial charge is 0.288 e. The van der Waals surface area contributed by atoms with Crippen molar-refractivity contribution in [3.63, 3.8) is 0 Å². The molecular formula is C17H19Cl2N3O. The van der Waals surface area contributed by atoms with Crippen LogP contribution in [0.2, 0.25) is 10.0 Å². The van der Waals surface area contributed by atoms with Crippen LogP contribution in [0, 0.1) is 13.8 Å². The summed E-state index contributed by atoms with van der Waals surface area (Å²) in [5, 5.41) is 4.33. The summed E-state index contributed by atoms with van der Waals surface area (Å²) in [5.41, 5.74) is 3.53. The molecule has 1 saturated heterocycles. The van der Waals surface area contributed by atoms with E-state index < -0.39 is 0 Å². The highest BCUT2D eigenvalue weighted by Crippen LogP contribution is 2.33. The van der Waals surface area contributed by atoms with Gasteiger partial charge in [0.2, 0.25) is 0 Å². The van der Waals surface area contributed by atoms with Crippen LogP contribution in [0.25, 0.3) is 0 Å². The van der Waals surface area contributed by atoms with Crippen LogP contribution < -0.4 is 5.56 Å². The van der Waals surface area contributed by atoms with Crippen molar-refractivity contribution in [2.24, 2.45) is 0 Å². The van der Waals surface area contributed by atoms with Gasteiger partial charge in [-0.15, -0.1) is 0 Å². The van der Waals surface area contributed by atoms with Crippen molar-refractivity contribution >= 4 is 23.2 Å². The van der Waals surface area contributed by atoms with E-state index in [1.165, 1.54) is 27.6 Å². The molecule has 1 aromatic carbocycles. The minimum atomic E-state index is -0.343. The molecule has 1 aliphatic heterocycles. The summed E-state index contributed by atoms with van der Waals surface area (Å²) in [4.78, 5) is 14.4. The number of benzene rings is 1. The summed E-state index contributed by atoms with van der Waals surface area (Å²) in [5.74, 6) is 0. The number of hydrogen-bond donors (Lipinski definition) is 0. The summed E-state index contributed by atoms with van der Waals surface area (Å²) in [6, 6.07) is 6.88. The number of rotatable bonds is 3. The molecular weight excluding hydrogens is 333 g/mol. The fourth-order valence-corrected chi connectivity index (χ4v) is 3.33. The van der Waals surface area contributed by atoms with Crippen LogP contribution in [0.1, 0.15) is 35.6 Å². The molecule has 2 aromatic rings. The number of halogens is 2. The maximum absolute atomic E-state index is 12.2. The lowest BCUT2D eigenvalue weighted by atomic mass is 9.99. The summed E-state index contributed by atoms with van der Waals surface area (Å²) >= 11 is 11.8. The number of likely N-dealkylation sites (tertiary alicyclic amines) is 1. The van der Waals surface area contributed by atoms with Gasteiger partial charge in [0.15, 0.2) is 0 Å². The quantitative estimate of drug-likeness (QED) is 0.839. The van der Waals surface area contributed by atoms with E-state index in [2.05, 4.69) is 42.0 Å². The van der Waals surface area contributed by atoms with E-state index in [4.69, 9.17) is 23.2 Å². The Balaban J connectivity index is 1.86. The van der Waals surface area contributed by atoms with Gasteiger partial charge in [0.1, 0.15) is 5.02 Å². The molecule has 0 spiro atoms. The van der Waals surface area contributed by atoms with Gasteiger partial charge in [-0.2, -0.15) is 5.10 Å². The predicted octanol–water partition coefficient (Wildman–Crippen LogP) is 3.96. The number of nitrogens with zero attached hydrogens (tertiary/aromatic N) is 3. The van der Waals surface area contributed by atoms with Gasteiger partial charge in [0.05, 0.1) is 17.9 Å². The van der Waals surface area contributed by atoms with Gasteiger partial charge in [0.25, 0.3) is 5.56 Å². The Kier molecular flexibility index (Phi) is 4.76. The minimum Gasteiger partial charge on any atom is -0.277 e. The first-order chi connectivity index (χ1) is 11.0. The van der Waals surface area contributed by atoms with Crippen LogP contribution >= 0.6 is 23.2 Å². The van der Waals surface area contributed by atoms with E-state index in [-0.39, 0.29) is 15.6 Å². The Labute approximate surface area is 145 Å². The summed E-state index contributed by atoms with van der Waals surface area (Å²) < 4.78 is 1.38. The second kappa shape index (κ2) is 6.63. The Hall–Kier alpha value is -1.36. The van der Waals surface area contributed by atoms with E-state index in [0.29, 0.717) is 12.7 Å². The average molecular weight is 352 g/mol. The molecule has 2 heterocycles. The first-order valence-corrected chi connectivity index (χ1v) is 8.45. The first-order valence-electron chi connectivity index (χ1n) is 7.69. The Morgan fingerprint density at radius 2 is 2.04 bits per heavy atom. The zero-order valence-corrected chi connectivity index (χ0v) is 14.7. The van der Waals surface area contributed by atoms with Crippen molar-refractivity contribution in [2.75, 3.05) is 6.54 Å². The molecule has 23 heavy (non-hydrogen) atoms. The average Bonchev–Trinajstić information content (AvgIpc) is 2.99. The van der Waals surface area contributed by atoms with Crippen LogP contribution in [-0.4, -0.2) is 21.2 Å². The molecule has 1 aromatic heterocycles. The first kappa shape index (κ1) is 16.5. The molecule has 0 amide bonds. The van der Waals surface area contributed by atoms with E-state index >= 15 is 0 Å². The van der Waals surface area contributed by atoms with E-state index in [1.54, 1.807) is 0 Å². The molecule has 0 bridgehead atoms. The number of hydrogen-bond acceptors (Lipinski definition) is 3. The standard InChI is InChI=1S/C17H19Cl2N3O/c1-11-5-6-13(8-12(11)2)15-4-3-7-21(15)10-22-17(23)16(19)14(18)9-20-22/h5-6,8-9,15H,3-4,7,10H2,1-2H3/t15-/m0/s1. The van der Waals surface area contributed by atoms with Gasteiger partial charge in [-0.05, 0) is 43.4 Å². The molecule has 0 radical (unpaired) electrons. The van der Waals surface area contributed by atoms with Crippen molar-refractivity contribution in [3.8, 4) is 0 Å². The van der Waals surface area contributed by atoms with Crippen LogP contribution in [0.3, 0.4) is 0 Å². The molecule has 0 unspecified atom stereocenters. The highest BCUT2D eigenvalue weighted by molar-refractivity contribution is 6.41. The van der Waals surface area contributed by atoms with Gasteiger partial charge in [-0.25, -0.2) is 4.68 Å². The van der Waals surface area contributed by atoms with Crippen molar-refractivity contribution in [3.05, 3.63) is 61.5 Å². The number of aromatic nitrogens is 2. The van der Waals surface area contributed by atoms with E-state index in [1.807, 2.05) is 0 Å². The highest BCUT2D eigenvalue weighted by atomic mass is 35.5. The molecule has 0 N–H and O–H groups in total. The Morgan fingerprint density at radius 3 is 2.78 bits per heavy atom. The molecule has 0 saturated carbocycles. The lowest BCUT2D eigenvalue weighted by molar-refractivity contribution is 0.187. The molecule has 3 rings (SSSR count). The maximum atomic E-state index is 12.2. The molecule has 1 atom stereocenters. The maximum Gasteiger partial charge on any atom is 0.288 e. The minimum absolute atomic E-state index is 0.0311. The predicted molar refractivity (Wildman–Crippen MR) is 93.1 cm³/mol. The van der Waals surface area contributed by atoms with Gasteiger partial charge in [0, 0.05) is 12.6 Å². The third-order valence-corrected chi connectivity index (χ3v) is 5.29. The Bertz CT molecular complexity index is 788. The highest BCUT2D eigenvalue weighted by Gasteiger charge is 2.27. The molecule has 4 nitrogen and oxygen atoms in total. The van der Waals surface area contributed by atoms with Gasteiger partial charge in [-0.3, -0.25) is 9.69 Å².